The number of benzene rings is 3. The van der Waals surface area contributed by atoms with Crippen molar-refractivity contribution in [1.82, 2.24) is 4.98 Å². The van der Waals surface area contributed by atoms with Crippen molar-refractivity contribution >= 4 is 45.4 Å². The molecule has 3 aromatic carbocycles. The van der Waals surface area contributed by atoms with Crippen LogP contribution in [0.25, 0.3) is 10.8 Å². The number of hydrogen-bond acceptors (Lipinski definition) is 10. The van der Waals surface area contributed by atoms with Gasteiger partial charge in [0.2, 0.25) is 0 Å². The molecule has 0 spiro atoms. The van der Waals surface area contributed by atoms with Crippen molar-refractivity contribution < 1.29 is 9.90 Å². The molecule has 6 rings (SSSR count). The number of carbonyl (C=O) groups excluding carboxylic acids is 1. The zero-order valence-corrected chi connectivity index (χ0v) is 24.0. The summed E-state index contributed by atoms with van der Waals surface area (Å²) in [5, 5.41) is 18.5. The van der Waals surface area contributed by atoms with Gasteiger partial charge >= 0.3 is 0 Å². The lowest BCUT2D eigenvalue weighted by atomic mass is 10.0. The molecule has 0 radical (unpaired) electrons. The van der Waals surface area contributed by atoms with Crippen LogP contribution < -0.4 is 43.4 Å². The van der Waals surface area contributed by atoms with Crippen LogP contribution in [0.2, 0.25) is 0 Å². The molecule has 2 aliphatic heterocycles. The summed E-state index contributed by atoms with van der Waals surface area (Å²) in [5.74, 6) is 1.16. The van der Waals surface area contributed by atoms with Gasteiger partial charge in [0.15, 0.2) is 0 Å². The van der Waals surface area contributed by atoms with Crippen LogP contribution in [0.1, 0.15) is 23.2 Å². The SMILES string of the molecule is N[C@@H]1C[C@H](N)CN(c2cc(Nc3ccc(NC(=O)c4ccc5ccccc5c4O)cc3)cc(N3C[C@H](N)C[C@H](N)C3)n2)C1. The van der Waals surface area contributed by atoms with E-state index < -0.39 is 0 Å². The van der Waals surface area contributed by atoms with Crippen LogP contribution in [0.5, 0.6) is 5.75 Å². The molecule has 11 N–H and O–H groups in total. The number of rotatable bonds is 6. The summed E-state index contributed by atoms with van der Waals surface area (Å²) in [6, 6.07) is 22.1. The van der Waals surface area contributed by atoms with E-state index in [0.717, 1.165) is 41.2 Å². The quantitative estimate of drug-likeness (QED) is 0.179. The van der Waals surface area contributed by atoms with Gasteiger partial charge in [-0.2, -0.15) is 0 Å². The van der Waals surface area contributed by atoms with E-state index in [4.69, 9.17) is 27.9 Å². The summed E-state index contributed by atoms with van der Waals surface area (Å²) in [6.07, 6.45) is 1.56. The third-order valence-electron chi connectivity index (χ3n) is 8.05. The molecule has 11 nitrogen and oxygen atoms in total. The van der Waals surface area contributed by atoms with E-state index >= 15 is 0 Å². The summed E-state index contributed by atoms with van der Waals surface area (Å²) < 4.78 is 0. The predicted molar refractivity (Wildman–Crippen MR) is 173 cm³/mol. The Hall–Kier alpha value is -4.42. The number of anilines is 5. The van der Waals surface area contributed by atoms with Gasteiger partial charge in [-0.15, -0.1) is 0 Å². The van der Waals surface area contributed by atoms with E-state index in [1.807, 2.05) is 60.7 Å². The average molecular weight is 582 g/mol. The molecule has 3 heterocycles. The standard InChI is InChI=1S/C32H39N9O2/c33-20-11-21(34)16-40(15-20)29-13-26(14-30(39-29)41-17-22(35)12-23(36)18-41)37-24-6-8-25(9-7-24)38-32(43)28-10-5-19-3-1-2-4-27(19)31(28)42/h1-10,13-14,20-23,42H,11-12,15-18,33-36H2,(H,37,39)(H,38,43)/t20-,21+,22-,23+. The second-order valence-corrected chi connectivity index (χ2v) is 11.7. The third kappa shape index (κ3) is 6.50. The number of phenolic OH excluding ortho intramolecular Hbond substituents is 1. The molecule has 43 heavy (non-hydrogen) atoms. The summed E-state index contributed by atoms with van der Waals surface area (Å²) in [7, 11) is 0. The molecule has 2 aliphatic rings. The van der Waals surface area contributed by atoms with E-state index in [9.17, 15) is 9.90 Å². The fraction of sp³-hybridized carbons (Fsp3) is 0.312. The molecular formula is C32H39N9O2. The number of nitrogens with one attached hydrogen (secondary N) is 2. The highest BCUT2D eigenvalue weighted by Gasteiger charge is 2.27. The summed E-state index contributed by atoms with van der Waals surface area (Å²) >= 11 is 0. The van der Waals surface area contributed by atoms with Gasteiger partial charge in [-0.1, -0.05) is 30.3 Å². The maximum atomic E-state index is 13.0. The number of hydrogen-bond donors (Lipinski definition) is 7. The first-order valence-electron chi connectivity index (χ1n) is 14.7. The third-order valence-corrected chi connectivity index (χ3v) is 8.05. The molecule has 0 unspecified atom stereocenters. The van der Waals surface area contributed by atoms with E-state index in [1.165, 1.54) is 0 Å². The molecular weight excluding hydrogens is 542 g/mol. The van der Waals surface area contributed by atoms with Crippen LogP contribution in [0.4, 0.5) is 28.7 Å². The Morgan fingerprint density at radius 1 is 0.721 bits per heavy atom. The van der Waals surface area contributed by atoms with Crippen molar-refractivity contribution in [3.05, 3.63) is 78.4 Å². The van der Waals surface area contributed by atoms with Gasteiger partial charge in [0.1, 0.15) is 17.4 Å². The highest BCUT2D eigenvalue weighted by Crippen LogP contribution is 2.31. The fourth-order valence-electron chi connectivity index (χ4n) is 6.07. The number of pyridine rings is 1. The maximum absolute atomic E-state index is 13.0. The molecule has 1 aromatic heterocycles. The summed E-state index contributed by atoms with van der Waals surface area (Å²) in [6.45, 7) is 2.68. The second-order valence-electron chi connectivity index (χ2n) is 11.7. The minimum atomic E-state index is -0.386. The van der Waals surface area contributed by atoms with Crippen LogP contribution >= 0.6 is 0 Å². The number of carbonyl (C=O) groups is 1. The van der Waals surface area contributed by atoms with Crippen molar-refractivity contribution in [2.24, 2.45) is 22.9 Å². The number of amides is 1. The van der Waals surface area contributed by atoms with Crippen LogP contribution in [0.3, 0.4) is 0 Å². The highest BCUT2D eigenvalue weighted by atomic mass is 16.3. The van der Waals surface area contributed by atoms with E-state index in [1.54, 1.807) is 12.1 Å². The van der Waals surface area contributed by atoms with Crippen LogP contribution in [-0.4, -0.2) is 66.3 Å². The molecule has 1 amide bonds. The van der Waals surface area contributed by atoms with Gasteiger partial charge in [0.25, 0.3) is 5.91 Å². The molecule has 2 saturated heterocycles. The largest absolute Gasteiger partial charge is 0.506 e. The Morgan fingerprint density at radius 2 is 1.26 bits per heavy atom. The zero-order chi connectivity index (χ0) is 30.1. The van der Waals surface area contributed by atoms with Crippen LogP contribution in [0.15, 0.2) is 72.8 Å². The minimum absolute atomic E-state index is 0.0262. The normalized spacial score (nSPS) is 22.4. The fourth-order valence-corrected chi connectivity index (χ4v) is 6.07. The van der Waals surface area contributed by atoms with Crippen LogP contribution in [0, 0.1) is 0 Å². The molecule has 224 valence electrons. The average Bonchev–Trinajstić information content (AvgIpc) is 2.97. The van der Waals surface area contributed by atoms with Crippen molar-refractivity contribution in [3.8, 4) is 5.75 Å². The molecule has 4 aromatic rings. The van der Waals surface area contributed by atoms with Gasteiger partial charge in [0, 0.05) is 84.9 Å². The Balaban J connectivity index is 1.22. The van der Waals surface area contributed by atoms with Crippen molar-refractivity contribution in [2.75, 3.05) is 46.6 Å². The molecule has 0 saturated carbocycles. The first kappa shape index (κ1) is 28.7. The molecule has 2 fully saturated rings. The predicted octanol–water partition coefficient (Wildman–Crippen LogP) is 2.67. The lowest BCUT2D eigenvalue weighted by Gasteiger charge is -2.38. The molecule has 4 atom stereocenters. The van der Waals surface area contributed by atoms with Gasteiger partial charge in [0.05, 0.1) is 5.56 Å². The topological polar surface area (TPSA) is 185 Å². The monoisotopic (exact) mass is 581 g/mol. The Kier molecular flexibility index (Phi) is 8.04. The molecule has 0 aliphatic carbocycles. The number of nitrogens with two attached hydrogens (primary N) is 4. The number of fused-ring (bicyclic) bond motifs is 1. The number of phenols is 1. The Bertz CT molecular complexity index is 1550. The van der Waals surface area contributed by atoms with Gasteiger partial charge in [-0.3, -0.25) is 4.79 Å². The summed E-state index contributed by atoms with van der Waals surface area (Å²) in [4.78, 5) is 22.2. The molecule has 0 bridgehead atoms. The van der Waals surface area contributed by atoms with Crippen molar-refractivity contribution in [1.29, 1.82) is 0 Å². The number of piperidine rings is 2. The second kappa shape index (κ2) is 12.1. The lowest BCUT2D eigenvalue weighted by Crippen LogP contribution is -2.53. The number of aromatic nitrogens is 1. The van der Waals surface area contributed by atoms with E-state index in [-0.39, 0.29) is 41.4 Å². The Morgan fingerprint density at radius 3 is 1.84 bits per heavy atom. The van der Waals surface area contributed by atoms with Crippen LogP contribution in [-0.2, 0) is 0 Å². The highest BCUT2D eigenvalue weighted by molar-refractivity contribution is 6.09. The minimum Gasteiger partial charge on any atom is -0.506 e. The smallest absolute Gasteiger partial charge is 0.259 e. The number of nitrogens with zero attached hydrogens (tertiary/aromatic N) is 3. The van der Waals surface area contributed by atoms with Gasteiger partial charge in [-0.25, -0.2) is 4.98 Å². The first-order chi connectivity index (χ1) is 20.7. The van der Waals surface area contributed by atoms with Gasteiger partial charge < -0.3 is 48.5 Å². The summed E-state index contributed by atoms with van der Waals surface area (Å²) in [5.41, 5.74) is 27.7. The number of aromatic hydroxyl groups is 1. The van der Waals surface area contributed by atoms with E-state index in [2.05, 4.69) is 20.4 Å². The van der Waals surface area contributed by atoms with Crippen molar-refractivity contribution in [3.63, 3.8) is 0 Å². The first-order valence-corrected chi connectivity index (χ1v) is 14.7. The van der Waals surface area contributed by atoms with Gasteiger partial charge in [-0.05, 0) is 48.6 Å². The van der Waals surface area contributed by atoms with E-state index in [0.29, 0.717) is 37.3 Å². The molecule has 11 heteroatoms. The Labute approximate surface area is 250 Å². The zero-order valence-electron chi connectivity index (χ0n) is 24.0. The lowest BCUT2D eigenvalue weighted by molar-refractivity contribution is 0.102. The maximum Gasteiger partial charge on any atom is 0.259 e. The van der Waals surface area contributed by atoms with Crippen molar-refractivity contribution in [2.45, 2.75) is 37.0 Å².